The van der Waals surface area contributed by atoms with Gasteiger partial charge in [0.2, 0.25) is 0 Å². The van der Waals surface area contributed by atoms with Crippen LogP contribution < -0.4 is 4.90 Å². The minimum atomic E-state index is 0.440. The van der Waals surface area contributed by atoms with Crippen LogP contribution in [-0.4, -0.2) is 4.98 Å². The number of benzene rings is 4. The van der Waals surface area contributed by atoms with E-state index in [0.717, 1.165) is 27.9 Å². The summed E-state index contributed by atoms with van der Waals surface area (Å²) in [6, 6.07) is 40.0. The van der Waals surface area contributed by atoms with Gasteiger partial charge in [-0.2, -0.15) is 5.26 Å². The Balaban J connectivity index is 1.48. The Morgan fingerprint density at radius 1 is 0.588 bits per heavy atom. The van der Waals surface area contributed by atoms with Crippen LogP contribution in [0, 0.1) is 11.3 Å². The van der Waals surface area contributed by atoms with Crippen LogP contribution in [0.3, 0.4) is 0 Å². The van der Waals surface area contributed by atoms with Crippen LogP contribution in [0.25, 0.3) is 22.3 Å². The second kappa shape index (κ2) is 8.55. The summed E-state index contributed by atoms with van der Waals surface area (Å²) in [5, 5.41) is 9.43. The number of nitrogens with zero attached hydrogens (tertiary/aromatic N) is 3. The van der Waals surface area contributed by atoms with E-state index in [9.17, 15) is 5.26 Å². The van der Waals surface area contributed by atoms with Crippen LogP contribution in [0.1, 0.15) is 5.69 Å². The number of pyridine rings is 1. The molecule has 2 heterocycles. The highest BCUT2D eigenvalue weighted by atomic mass is 32.2. The molecule has 1 aromatic heterocycles. The zero-order valence-corrected chi connectivity index (χ0v) is 19.0. The van der Waals surface area contributed by atoms with Crippen LogP contribution >= 0.6 is 11.8 Å². The number of hydrogen-bond acceptors (Lipinski definition) is 4. The third-order valence-electron chi connectivity index (χ3n) is 6.00. The highest BCUT2D eigenvalue weighted by Crippen LogP contribution is 2.52. The van der Waals surface area contributed by atoms with Crippen molar-refractivity contribution in [3.8, 4) is 28.3 Å². The summed E-state index contributed by atoms with van der Waals surface area (Å²) in [5.41, 5.74) is 8.04. The summed E-state index contributed by atoms with van der Waals surface area (Å²) in [5.74, 6) is 0. The first-order valence-electron chi connectivity index (χ1n) is 11.0. The molecule has 34 heavy (non-hydrogen) atoms. The maximum absolute atomic E-state index is 9.43. The van der Waals surface area contributed by atoms with Crippen molar-refractivity contribution in [3.05, 3.63) is 121 Å². The molecule has 0 spiro atoms. The van der Waals surface area contributed by atoms with E-state index >= 15 is 0 Å². The Morgan fingerprint density at radius 2 is 1.12 bits per heavy atom. The van der Waals surface area contributed by atoms with Gasteiger partial charge in [-0.25, -0.2) is 4.98 Å². The van der Waals surface area contributed by atoms with Gasteiger partial charge in [0.15, 0.2) is 0 Å². The second-order valence-electron chi connectivity index (χ2n) is 7.98. The fourth-order valence-electron chi connectivity index (χ4n) is 4.43. The average molecular weight is 454 g/mol. The van der Waals surface area contributed by atoms with Crippen LogP contribution in [0.5, 0.6) is 0 Å². The van der Waals surface area contributed by atoms with Crippen molar-refractivity contribution in [1.29, 1.82) is 5.26 Å². The molecule has 1 aliphatic rings. The van der Waals surface area contributed by atoms with Gasteiger partial charge in [-0.15, -0.1) is 0 Å². The molecule has 3 nitrogen and oxygen atoms in total. The van der Waals surface area contributed by atoms with Crippen LogP contribution in [0.4, 0.5) is 17.1 Å². The smallest absolute Gasteiger partial charge is 0.148 e. The zero-order valence-electron chi connectivity index (χ0n) is 18.2. The Labute approximate surface area is 203 Å². The highest BCUT2D eigenvalue weighted by molar-refractivity contribution is 7.99. The van der Waals surface area contributed by atoms with Crippen molar-refractivity contribution in [2.45, 2.75) is 9.79 Å². The molecule has 5 aromatic rings. The normalized spacial score (nSPS) is 11.9. The molecule has 0 saturated carbocycles. The van der Waals surface area contributed by atoms with E-state index in [1.807, 2.05) is 23.9 Å². The summed E-state index contributed by atoms with van der Waals surface area (Å²) in [6.45, 7) is 0. The molecule has 0 N–H and O–H groups in total. The van der Waals surface area contributed by atoms with Crippen molar-refractivity contribution in [1.82, 2.24) is 4.98 Å². The van der Waals surface area contributed by atoms with Crippen LogP contribution in [0.15, 0.2) is 125 Å². The molecule has 0 fully saturated rings. The number of nitriles is 1. The van der Waals surface area contributed by atoms with Crippen LogP contribution in [0.2, 0.25) is 0 Å². The van der Waals surface area contributed by atoms with Gasteiger partial charge in [0.05, 0.1) is 17.1 Å². The van der Waals surface area contributed by atoms with Crippen molar-refractivity contribution in [2.24, 2.45) is 0 Å². The van der Waals surface area contributed by atoms with E-state index < -0.39 is 0 Å². The zero-order chi connectivity index (χ0) is 22.9. The van der Waals surface area contributed by atoms with Crippen molar-refractivity contribution in [2.75, 3.05) is 4.90 Å². The molecular weight excluding hydrogens is 434 g/mol. The largest absolute Gasteiger partial charge is 0.308 e. The topological polar surface area (TPSA) is 39.9 Å². The maximum atomic E-state index is 9.43. The van der Waals surface area contributed by atoms with Gasteiger partial charge in [0.25, 0.3) is 0 Å². The van der Waals surface area contributed by atoms with E-state index in [1.165, 1.54) is 21.2 Å². The summed E-state index contributed by atoms with van der Waals surface area (Å²) in [4.78, 5) is 9.05. The molecule has 0 unspecified atom stereocenters. The van der Waals surface area contributed by atoms with E-state index in [1.54, 1.807) is 6.20 Å². The first-order chi connectivity index (χ1) is 16.8. The highest BCUT2D eigenvalue weighted by Gasteiger charge is 2.26. The standard InChI is InChI=1S/C30H19N3S/c31-20-25-23(9-7-19-32-25)21-15-17-22(18-16-21)24-8-1-2-10-26(24)33-27-11-3-5-13-29(27)34-30-14-6-4-12-28(30)33/h1-19H. The fourth-order valence-corrected chi connectivity index (χ4v) is 5.49. The minimum absolute atomic E-state index is 0.440. The number of aromatic nitrogens is 1. The first-order valence-corrected chi connectivity index (χ1v) is 11.9. The van der Waals surface area contributed by atoms with Gasteiger partial charge in [-0.1, -0.05) is 78.5 Å². The molecule has 4 aromatic carbocycles. The number of hydrogen-bond donors (Lipinski definition) is 0. The average Bonchev–Trinajstić information content (AvgIpc) is 2.92. The quantitative estimate of drug-likeness (QED) is 0.271. The molecule has 1 aliphatic heterocycles. The molecule has 0 saturated heterocycles. The third kappa shape index (κ3) is 3.44. The monoisotopic (exact) mass is 453 g/mol. The van der Waals surface area contributed by atoms with Gasteiger partial charge in [0.1, 0.15) is 11.8 Å². The summed E-state index contributed by atoms with van der Waals surface area (Å²) in [7, 11) is 0. The van der Waals surface area contributed by atoms with Gasteiger partial charge in [0, 0.05) is 27.1 Å². The second-order valence-corrected chi connectivity index (χ2v) is 9.06. The molecule has 6 rings (SSSR count). The SMILES string of the molecule is N#Cc1ncccc1-c1ccc(-c2ccccc2N2c3ccccc3Sc3ccccc32)cc1. The number of anilines is 3. The van der Waals surface area contributed by atoms with Gasteiger partial charge < -0.3 is 4.90 Å². The molecule has 0 atom stereocenters. The lowest BCUT2D eigenvalue weighted by molar-refractivity contribution is 1.17. The Bertz CT molecular complexity index is 1500. The van der Waals surface area contributed by atoms with Crippen molar-refractivity contribution >= 4 is 28.8 Å². The first kappa shape index (κ1) is 20.3. The minimum Gasteiger partial charge on any atom is -0.308 e. The van der Waals surface area contributed by atoms with Gasteiger partial charge in [-0.05, 0) is 53.6 Å². The number of fused-ring (bicyclic) bond motifs is 2. The number of rotatable bonds is 3. The molecule has 0 radical (unpaired) electrons. The fraction of sp³-hybridized carbons (Fsp3) is 0. The molecule has 4 heteroatoms. The number of para-hydroxylation sites is 3. The summed E-state index contributed by atoms with van der Waals surface area (Å²) >= 11 is 1.81. The lowest BCUT2D eigenvalue weighted by atomic mass is 9.98. The Hall–Kier alpha value is -4.33. The van der Waals surface area contributed by atoms with Gasteiger partial charge in [-0.3, -0.25) is 0 Å². The molecule has 0 aliphatic carbocycles. The molecule has 0 amide bonds. The Kier molecular flexibility index (Phi) is 5.10. The molecule has 160 valence electrons. The van der Waals surface area contributed by atoms with Crippen molar-refractivity contribution < 1.29 is 0 Å². The molecule has 0 bridgehead atoms. The lowest BCUT2D eigenvalue weighted by Crippen LogP contribution is -2.15. The van der Waals surface area contributed by atoms with Gasteiger partial charge >= 0.3 is 0 Å². The van der Waals surface area contributed by atoms with E-state index in [-0.39, 0.29) is 0 Å². The van der Waals surface area contributed by atoms with E-state index in [2.05, 4.69) is 113 Å². The Morgan fingerprint density at radius 3 is 1.76 bits per heavy atom. The summed E-state index contributed by atoms with van der Waals surface area (Å²) < 4.78 is 0. The lowest BCUT2D eigenvalue weighted by Gasteiger charge is -2.34. The molecular formula is C30H19N3S. The van der Waals surface area contributed by atoms with E-state index in [0.29, 0.717) is 5.69 Å². The maximum Gasteiger partial charge on any atom is 0.148 e. The van der Waals surface area contributed by atoms with Crippen molar-refractivity contribution in [3.63, 3.8) is 0 Å². The predicted molar refractivity (Wildman–Crippen MR) is 139 cm³/mol. The summed E-state index contributed by atoms with van der Waals surface area (Å²) in [6.07, 6.45) is 1.65. The predicted octanol–water partition coefficient (Wildman–Crippen LogP) is 8.22. The van der Waals surface area contributed by atoms with Crippen LogP contribution in [-0.2, 0) is 0 Å². The third-order valence-corrected chi connectivity index (χ3v) is 7.13. The van der Waals surface area contributed by atoms with E-state index in [4.69, 9.17) is 0 Å².